The van der Waals surface area contributed by atoms with E-state index < -0.39 is 0 Å². The molecule has 2 atom stereocenters. The van der Waals surface area contributed by atoms with Crippen LogP contribution in [0, 0.1) is 11.8 Å². The second kappa shape index (κ2) is 22.2. The standard InChI is InChI=1S/C25H52O2/c1-5-9-11-13-15-17-19-26-22-24(7-3)21-25(8-4)23-27-20-18-16-14-12-10-6-2/h24-25H,5-23H2,1-4H3. The number of unbranched alkanes of at least 4 members (excludes halogenated alkanes) is 10. The molecule has 0 radical (unpaired) electrons. The minimum Gasteiger partial charge on any atom is -0.381 e. The molecule has 0 saturated heterocycles. The number of hydrogen-bond donors (Lipinski definition) is 0. The Bertz CT molecular complexity index is 241. The van der Waals surface area contributed by atoms with Gasteiger partial charge in [0.05, 0.1) is 0 Å². The van der Waals surface area contributed by atoms with Crippen LogP contribution in [0.3, 0.4) is 0 Å². The van der Waals surface area contributed by atoms with Crippen molar-refractivity contribution in [3.8, 4) is 0 Å². The number of ether oxygens (including phenoxy) is 2. The van der Waals surface area contributed by atoms with E-state index in [1.54, 1.807) is 0 Å². The van der Waals surface area contributed by atoms with Crippen LogP contribution in [-0.2, 0) is 9.47 Å². The maximum absolute atomic E-state index is 5.99. The van der Waals surface area contributed by atoms with Gasteiger partial charge in [0.2, 0.25) is 0 Å². The lowest BCUT2D eigenvalue weighted by molar-refractivity contribution is 0.0580. The molecule has 0 N–H and O–H groups in total. The third-order valence-electron chi connectivity index (χ3n) is 5.81. The van der Waals surface area contributed by atoms with Crippen molar-refractivity contribution in [2.75, 3.05) is 26.4 Å². The Kier molecular flexibility index (Phi) is 22.1. The zero-order valence-corrected chi connectivity index (χ0v) is 19.4. The first-order valence-electron chi connectivity index (χ1n) is 12.4. The van der Waals surface area contributed by atoms with Crippen LogP contribution < -0.4 is 0 Å². The lowest BCUT2D eigenvalue weighted by atomic mass is 9.92. The van der Waals surface area contributed by atoms with Gasteiger partial charge in [-0.05, 0) is 31.1 Å². The fraction of sp³-hybridized carbons (Fsp3) is 1.00. The molecule has 27 heavy (non-hydrogen) atoms. The van der Waals surface area contributed by atoms with Crippen molar-refractivity contribution in [1.82, 2.24) is 0 Å². The molecule has 0 aliphatic rings. The van der Waals surface area contributed by atoms with Gasteiger partial charge in [0.25, 0.3) is 0 Å². The number of hydrogen-bond acceptors (Lipinski definition) is 2. The molecular formula is C25H52O2. The minimum absolute atomic E-state index is 0.702. The Balaban J connectivity index is 3.64. The Labute approximate surface area is 172 Å². The minimum atomic E-state index is 0.702. The van der Waals surface area contributed by atoms with Gasteiger partial charge in [-0.15, -0.1) is 0 Å². The third-order valence-corrected chi connectivity index (χ3v) is 5.81. The highest BCUT2D eigenvalue weighted by Crippen LogP contribution is 2.20. The second-order valence-electron chi connectivity index (χ2n) is 8.47. The molecule has 0 aromatic carbocycles. The van der Waals surface area contributed by atoms with Crippen LogP contribution in [0.2, 0.25) is 0 Å². The monoisotopic (exact) mass is 384 g/mol. The van der Waals surface area contributed by atoms with Crippen molar-refractivity contribution in [2.24, 2.45) is 11.8 Å². The van der Waals surface area contributed by atoms with Crippen molar-refractivity contribution in [3.05, 3.63) is 0 Å². The highest BCUT2D eigenvalue weighted by atomic mass is 16.5. The largest absolute Gasteiger partial charge is 0.381 e. The van der Waals surface area contributed by atoms with Crippen LogP contribution in [0.4, 0.5) is 0 Å². The van der Waals surface area contributed by atoms with E-state index in [1.165, 1.54) is 96.3 Å². The van der Waals surface area contributed by atoms with Gasteiger partial charge in [-0.25, -0.2) is 0 Å². The first kappa shape index (κ1) is 26.9. The molecular weight excluding hydrogens is 332 g/mol. The maximum Gasteiger partial charge on any atom is 0.0494 e. The molecule has 0 amide bonds. The van der Waals surface area contributed by atoms with E-state index in [0.29, 0.717) is 11.8 Å². The molecule has 0 rings (SSSR count). The summed E-state index contributed by atoms with van der Waals surface area (Å²) in [6.07, 6.45) is 19.8. The van der Waals surface area contributed by atoms with E-state index in [4.69, 9.17) is 9.47 Å². The van der Waals surface area contributed by atoms with Gasteiger partial charge in [0.1, 0.15) is 0 Å². The quantitative estimate of drug-likeness (QED) is 0.175. The average molecular weight is 385 g/mol. The van der Waals surface area contributed by atoms with Crippen LogP contribution in [0.25, 0.3) is 0 Å². The smallest absolute Gasteiger partial charge is 0.0494 e. The van der Waals surface area contributed by atoms with Gasteiger partial charge in [-0.2, -0.15) is 0 Å². The maximum atomic E-state index is 5.99. The summed E-state index contributed by atoms with van der Waals surface area (Å²) in [5, 5.41) is 0. The molecule has 0 bridgehead atoms. The van der Waals surface area contributed by atoms with Crippen LogP contribution in [0.5, 0.6) is 0 Å². The molecule has 2 unspecified atom stereocenters. The van der Waals surface area contributed by atoms with Gasteiger partial charge in [0.15, 0.2) is 0 Å². The van der Waals surface area contributed by atoms with Crippen LogP contribution in [0.1, 0.15) is 124 Å². The summed E-state index contributed by atoms with van der Waals surface area (Å²) in [5.41, 5.74) is 0. The van der Waals surface area contributed by atoms with Gasteiger partial charge < -0.3 is 9.47 Å². The molecule has 0 heterocycles. The third kappa shape index (κ3) is 19.0. The highest BCUT2D eigenvalue weighted by molar-refractivity contribution is 4.64. The Hall–Kier alpha value is -0.0800. The van der Waals surface area contributed by atoms with Crippen molar-refractivity contribution < 1.29 is 9.47 Å². The van der Waals surface area contributed by atoms with Gasteiger partial charge in [-0.1, -0.05) is 105 Å². The van der Waals surface area contributed by atoms with E-state index in [1.807, 2.05) is 0 Å². The van der Waals surface area contributed by atoms with Crippen molar-refractivity contribution in [1.29, 1.82) is 0 Å². The Morgan fingerprint density at radius 1 is 0.481 bits per heavy atom. The first-order valence-corrected chi connectivity index (χ1v) is 12.4. The summed E-state index contributed by atoms with van der Waals surface area (Å²) < 4.78 is 12.0. The zero-order chi connectivity index (χ0) is 20.0. The predicted octanol–water partition coefficient (Wildman–Crippen LogP) is 8.18. The molecule has 0 fully saturated rings. The van der Waals surface area contributed by atoms with Crippen molar-refractivity contribution in [3.63, 3.8) is 0 Å². The summed E-state index contributed by atoms with van der Waals surface area (Å²) in [6, 6.07) is 0. The normalized spacial score (nSPS) is 13.8. The number of rotatable bonds is 22. The van der Waals surface area contributed by atoms with Crippen LogP contribution >= 0.6 is 0 Å². The zero-order valence-electron chi connectivity index (χ0n) is 19.4. The van der Waals surface area contributed by atoms with Gasteiger partial charge in [0, 0.05) is 26.4 Å². The molecule has 0 aliphatic heterocycles. The Morgan fingerprint density at radius 3 is 1.22 bits per heavy atom. The van der Waals surface area contributed by atoms with Crippen LogP contribution in [0.15, 0.2) is 0 Å². The van der Waals surface area contributed by atoms with E-state index in [2.05, 4.69) is 27.7 Å². The van der Waals surface area contributed by atoms with E-state index in [-0.39, 0.29) is 0 Å². The fourth-order valence-corrected chi connectivity index (χ4v) is 3.65. The fourth-order valence-electron chi connectivity index (χ4n) is 3.65. The Morgan fingerprint density at radius 2 is 0.852 bits per heavy atom. The molecule has 2 heteroatoms. The van der Waals surface area contributed by atoms with E-state index in [9.17, 15) is 0 Å². The SMILES string of the molecule is CCCCCCCCOCC(CC)CC(CC)COCCCCCCCC. The van der Waals surface area contributed by atoms with Gasteiger partial charge in [-0.3, -0.25) is 0 Å². The summed E-state index contributed by atoms with van der Waals surface area (Å²) in [4.78, 5) is 0. The molecule has 164 valence electrons. The molecule has 2 nitrogen and oxygen atoms in total. The van der Waals surface area contributed by atoms with E-state index in [0.717, 1.165) is 26.4 Å². The van der Waals surface area contributed by atoms with E-state index >= 15 is 0 Å². The lowest BCUT2D eigenvalue weighted by Crippen LogP contribution is -2.18. The molecule has 0 spiro atoms. The summed E-state index contributed by atoms with van der Waals surface area (Å²) in [7, 11) is 0. The van der Waals surface area contributed by atoms with Crippen LogP contribution in [-0.4, -0.2) is 26.4 Å². The highest BCUT2D eigenvalue weighted by Gasteiger charge is 2.14. The van der Waals surface area contributed by atoms with Crippen molar-refractivity contribution in [2.45, 2.75) is 124 Å². The summed E-state index contributed by atoms with van der Waals surface area (Å²) >= 11 is 0. The first-order chi connectivity index (χ1) is 13.3. The van der Waals surface area contributed by atoms with Crippen molar-refractivity contribution >= 4 is 0 Å². The summed E-state index contributed by atoms with van der Waals surface area (Å²) in [6.45, 7) is 13.0. The summed E-state index contributed by atoms with van der Waals surface area (Å²) in [5.74, 6) is 1.40. The molecule has 0 aromatic heterocycles. The molecule has 0 aromatic rings. The average Bonchev–Trinajstić information content (AvgIpc) is 2.69. The predicted molar refractivity (Wildman–Crippen MR) is 121 cm³/mol. The lowest BCUT2D eigenvalue weighted by Gasteiger charge is -2.22. The molecule has 0 saturated carbocycles. The second-order valence-corrected chi connectivity index (χ2v) is 8.47. The van der Waals surface area contributed by atoms with Gasteiger partial charge >= 0.3 is 0 Å². The molecule has 0 aliphatic carbocycles. The topological polar surface area (TPSA) is 18.5 Å².